The van der Waals surface area contributed by atoms with Crippen LogP contribution >= 0.6 is 11.6 Å². The number of nitrogens with zero attached hydrogens (tertiary/aromatic N) is 2. The summed E-state index contributed by atoms with van der Waals surface area (Å²) in [6.07, 6.45) is 2.59. The van der Waals surface area contributed by atoms with Crippen LogP contribution in [0.4, 0.5) is 5.82 Å². The van der Waals surface area contributed by atoms with Gasteiger partial charge in [0.05, 0.1) is 15.9 Å². The van der Waals surface area contributed by atoms with Gasteiger partial charge in [-0.1, -0.05) is 35.9 Å². The highest BCUT2D eigenvalue weighted by Gasteiger charge is 2.24. The Bertz CT molecular complexity index is 1330. The Morgan fingerprint density at radius 1 is 1.10 bits per heavy atom. The lowest BCUT2D eigenvalue weighted by atomic mass is 10.1. The van der Waals surface area contributed by atoms with E-state index in [1.165, 1.54) is 10.0 Å². The average molecular weight is 427 g/mol. The van der Waals surface area contributed by atoms with E-state index in [0.717, 1.165) is 35.8 Å². The van der Waals surface area contributed by atoms with Gasteiger partial charge in [0.2, 0.25) is 0 Å². The van der Waals surface area contributed by atoms with E-state index in [-0.39, 0.29) is 10.9 Å². The normalized spacial score (nSPS) is 17.2. The van der Waals surface area contributed by atoms with E-state index in [2.05, 4.69) is 10.6 Å². The second-order valence-corrected chi connectivity index (χ2v) is 9.40. The summed E-state index contributed by atoms with van der Waals surface area (Å²) >= 11 is 6.05. The predicted octanol–water partition coefficient (Wildman–Crippen LogP) is 3.85. The molecule has 5 rings (SSSR count). The van der Waals surface area contributed by atoms with E-state index >= 15 is 0 Å². The smallest absolute Gasteiger partial charge is 0.268 e. The number of benzene rings is 2. The standard InChI is InChI=1S/C21H19ClN4O2S/c22-14-4-3-5-16(12-14)29(27,28)26-11-9-18-20(26)17-6-1-2-7-19(17)25-21(18)24-15-8-10-23-13-15/h1-7,9,11-12,15,23H,8,10,13H2,(H,24,25)/t15-/m1/s1. The predicted molar refractivity (Wildman–Crippen MR) is 116 cm³/mol. The van der Waals surface area contributed by atoms with Crippen molar-refractivity contribution in [3.8, 4) is 0 Å². The van der Waals surface area contributed by atoms with E-state index < -0.39 is 10.0 Å². The van der Waals surface area contributed by atoms with Gasteiger partial charge >= 0.3 is 0 Å². The molecule has 2 N–H and O–H groups in total. The summed E-state index contributed by atoms with van der Waals surface area (Å²) < 4.78 is 28.2. The fourth-order valence-electron chi connectivity index (χ4n) is 3.84. The largest absolute Gasteiger partial charge is 0.365 e. The van der Waals surface area contributed by atoms with E-state index in [4.69, 9.17) is 16.6 Å². The summed E-state index contributed by atoms with van der Waals surface area (Å²) in [4.78, 5) is 4.93. The molecule has 1 saturated heterocycles. The highest BCUT2D eigenvalue weighted by atomic mass is 35.5. The van der Waals surface area contributed by atoms with Crippen LogP contribution in [-0.2, 0) is 10.0 Å². The molecule has 4 aromatic rings. The quantitative estimate of drug-likeness (QED) is 0.518. The summed E-state index contributed by atoms with van der Waals surface area (Å²) in [7, 11) is -3.82. The first-order valence-electron chi connectivity index (χ1n) is 9.42. The lowest BCUT2D eigenvalue weighted by Gasteiger charge is -2.15. The maximum absolute atomic E-state index is 13.4. The summed E-state index contributed by atoms with van der Waals surface area (Å²) in [5, 5.41) is 8.76. The molecule has 0 amide bonds. The van der Waals surface area contributed by atoms with Gasteiger partial charge < -0.3 is 10.6 Å². The molecule has 1 fully saturated rings. The molecule has 3 heterocycles. The van der Waals surface area contributed by atoms with E-state index in [0.29, 0.717) is 16.4 Å². The van der Waals surface area contributed by atoms with Gasteiger partial charge in [-0.2, -0.15) is 0 Å². The molecule has 0 bridgehead atoms. The van der Waals surface area contributed by atoms with Gasteiger partial charge in [0.1, 0.15) is 5.82 Å². The zero-order valence-corrected chi connectivity index (χ0v) is 17.0. The monoisotopic (exact) mass is 426 g/mol. The van der Waals surface area contributed by atoms with Crippen molar-refractivity contribution in [1.82, 2.24) is 14.3 Å². The van der Waals surface area contributed by atoms with Crippen molar-refractivity contribution < 1.29 is 8.42 Å². The van der Waals surface area contributed by atoms with Gasteiger partial charge in [-0.25, -0.2) is 17.4 Å². The lowest BCUT2D eigenvalue weighted by Crippen LogP contribution is -2.22. The Morgan fingerprint density at radius 3 is 2.76 bits per heavy atom. The Hall–Kier alpha value is -2.61. The third-order valence-electron chi connectivity index (χ3n) is 5.25. The number of hydrogen-bond acceptors (Lipinski definition) is 5. The zero-order valence-electron chi connectivity index (χ0n) is 15.5. The minimum absolute atomic E-state index is 0.151. The number of nitrogens with one attached hydrogen (secondary N) is 2. The second kappa shape index (κ2) is 7.02. The van der Waals surface area contributed by atoms with Crippen LogP contribution in [0.15, 0.2) is 65.7 Å². The van der Waals surface area contributed by atoms with Crippen LogP contribution in [-0.4, -0.2) is 36.5 Å². The summed E-state index contributed by atoms with van der Waals surface area (Å²) in [6.45, 7) is 1.82. The van der Waals surface area contributed by atoms with E-state index in [1.54, 1.807) is 24.4 Å². The molecular formula is C21H19ClN4O2S. The maximum atomic E-state index is 13.4. The van der Waals surface area contributed by atoms with E-state index in [1.807, 2.05) is 30.3 Å². The summed E-state index contributed by atoms with van der Waals surface area (Å²) in [6, 6.07) is 16.0. The number of aromatic nitrogens is 2. The van der Waals surface area contributed by atoms with Crippen LogP contribution in [0.2, 0.25) is 5.02 Å². The molecule has 0 saturated carbocycles. The zero-order chi connectivity index (χ0) is 20.0. The molecular weight excluding hydrogens is 408 g/mol. The van der Waals surface area contributed by atoms with Gasteiger partial charge in [-0.05, 0) is 43.3 Å². The summed E-state index contributed by atoms with van der Waals surface area (Å²) in [5.74, 6) is 0.701. The van der Waals surface area contributed by atoms with Crippen molar-refractivity contribution in [2.75, 3.05) is 18.4 Å². The first kappa shape index (κ1) is 18.4. The van der Waals surface area contributed by atoms with Crippen molar-refractivity contribution in [3.05, 3.63) is 65.8 Å². The van der Waals surface area contributed by atoms with Crippen molar-refractivity contribution in [2.24, 2.45) is 0 Å². The summed E-state index contributed by atoms with van der Waals surface area (Å²) in [5.41, 5.74) is 1.36. The Morgan fingerprint density at radius 2 is 1.97 bits per heavy atom. The third-order valence-corrected chi connectivity index (χ3v) is 7.16. The third kappa shape index (κ3) is 3.15. The van der Waals surface area contributed by atoms with Crippen LogP contribution in [0, 0.1) is 0 Å². The molecule has 2 aromatic carbocycles. The van der Waals surface area contributed by atoms with Gasteiger partial charge in [0, 0.05) is 34.6 Å². The minimum Gasteiger partial charge on any atom is -0.365 e. The lowest BCUT2D eigenvalue weighted by molar-refractivity contribution is 0.589. The van der Waals surface area contributed by atoms with Gasteiger partial charge in [0.15, 0.2) is 0 Å². The number of hydrogen-bond donors (Lipinski definition) is 2. The molecule has 0 spiro atoms. The van der Waals surface area contributed by atoms with Crippen molar-refractivity contribution in [3.63, 3.8) is 0 Å². The number of anilines is 1. The minimum atomic E-state index is -3.82. The molecule has 8 heteroatoms. The van der Waals surface area contributed by atoms with Crippen LogP contribution in [0.1, 0.15) is 6.42 Å². The fourth-order valence-corrected chi connectivity index (χ4v) is 5.51. The molecule has 1 aliphatic heterocycles. The maximum Gasteiger partial charge on any atom is 0.268 e. The molecule has 0 aliphatic carbocycles. The van der Waals surface area contributed by atoms with Gasteiger partial charge in [0.25, 0.3) is 10.0 Å². The van der Waals surface area contributed by atoms with Crippen LogP contribution in [0.5, 0.6) is 0 Å². The van der Waals surface area contributed by atoms with Gasteiger partial charge in [-0.3, -0.25) is 0 Å². The van der Waals surface area contributed by atoms with Crippen molar-refractivity contribution in [2.45, 2.75) is 17.4 Å². The molecule has 29 heavy (non-hydrogen) atoms. The topological polar surface area (TPSA) is 76.0 Å². The van der Waals surface area contributed by atoms with Crippen LogP contribution < -0.4 is 10.6 Å². The molecule has 0 radical (unpaired) electrons. The Kier molecular flexibility index (Phi) is 4.46. The molecule has 1 aliphatic rings. The SMILES string of the molecule is O=S(=O)(c1cccc(Cl)c1)n1ccc2c(N[C@@H]3CCNC3)nc3ccccc3c21. The molecule has 6 nitrogen and oxygen atoms in total. The van der Waals surface area contributed by atoms with E-state index in [9.17, 15) is 8.42 Å². The van der Waals surface area contributed by atoms with Crippen LogP contribution in [0.25, 0.3) is 21.8 Å². The first-order valence-corrected chi connectivity index (χ1v) is 11.2. The number of halogens is 1. The fraction of sp³-hybridized carbons (Fsp3) is 0.190. The number of pyridine rings is 1. The molecule has 0 unspecified atom stereocenters. The highest BCUT2D eigenvalue weighted by Crippen LogP contribution is 2.33. The molecule has 2 aromatic heterocycles. The van der Waals surface area contributed by atoms with Gasteiger partial charge in [-0.15, -0.1) is 0 Å². The van der Waals surface area contributed by atoms with Crippen molar-refractivity contribution in [1.29, 1.82) is 0 Å². The number of fused-ring (bicyclic) bond motifs is 3. The number of para-hydroxylation sites is 1. The second-order valence-electron chi connectivity index (χ2n) is 7.15. The molecule has 148 valence electrons. The van der Waals surface area contributed by atoms with Crippen molar-refractivity contribution >= 4 is 49.2 Å². The number of rotatable bonds is 4. The highest BCUT2D eigenvalue weighted by molar-refractivity contribution is 7.90. The Labute approximate surface area is 173 Å². The average Bonchev–Trinajstić information content (AvgIpc) is 3.38. The first-order chi connectivity index (χ1) is 14.0. The van der Waals surface area contributed by atoms with Crippen LogP contribution in [0.3, 0.4) is 0 Å². The molecule has 1 atom stereocenters. The Balaban J connectivity index is 1.76.